The molecule has 1 N–H and O–H groups in total. The van der Waals surface area contributed by atoms with Crippen LogP contribution in [0.5, 0.6) is 0 Å². The lowest BCUT2D eigenvalue weighted by Gasteiger charge is -2.16. The van der Waals surface area contributed by atoms with E-state index in [2.05, 4.69) is 21.2 Å². The first-order chi connectivity index (χ1) is 8.54. The molecule has 1 heterocycles. The van der Waals surface area contributed by atoms with E-state index in [4.69, 9.17) is 0 Å². The van der Waals surface area contributed by atoms with Crippen LogP contribution in [0.15, 0.2) is 28.1 Å². The van der Waals surface area contributed by atoms with Crippen molar-refractivity contribution in [1.29, 1.82) is 0 Å². The van der Waals surface area contributed by atoms with E-state index in [0.29, 0.717) is 11.1 Å². The molecule has 2 rings (SSSR count). The second-order valence-corrected chi connectivity index (χ2v) is 5.85. The molecule has 96 valence electrons. The van der Waals surface area contributed by atoms with Crippen LogP contribution in [0.1, 0.15) is 22.0 Å². The summed E-state index contributed by atoms with van der Waals surface area (Å²) < 4.78 is 28.5. The van der Waals surface area contributed by atoms with Gasteiger partial charge in [0.15, 0.2) is 11.6 Å². The molecule has 0 amide bonds. The fourth-order valence-corrected chi connectivity index (χ4v) is 3.39. The first kappa shape index (κ1) is 13.6. The minimum Gasteiger partial charge on any atom is -0.309 e. The van der Waals surface area contributed by atoms with Gasteiger partial charge in [-0.05, 0) is 41.5 Å². The van der Waals surface area contributed by atoms with Crippen molar-refractivity contribution in [3.05, 3.63) is 55.7 Å². The van der Waals surface area contributed by atoms with Gasteiger partial charge in [-0.2, -0.15) is 0 Å². The maximum Gasteiger partial charge on any atom is 0.164 e. The highest BCUT2D eigenvalue weighted by Crippen LogP contribution is 2.32. The Morgan fingerprint density at radius 3 is 2.56 bits per heavy atom. The number of hydrogen-bond donors (Lipinski definition) is 1. The predicted octanol–water partition coefficient (Wildman–Crippen LogP) is 4.41. The lowest BCUT2D eigenvalue weighted by Crippen LogP contribution is -2.18. The number of thiophene rings is 1. The molecule has 0 bridgehead atoms. The third kappa shape index (κ3) is 2.48. The van der Waals surface area contributed by atoms with Gasteiger partial charge in [0.05, 0.1) is 6.04 Å². The summed E-state index contributed by atoms with van der Waals surface area (Å²) in [7, 11) is 1.73. The standard InChI is InChI=1S/C13H12BrF2NS/c1-7-3-4-9(12(16)11(7)15)13(17-2)10-5-8(14)6-18-10/h3-6,13,17H,1-2H3. The highest BCUT2D eigenvalue weighted by atomic mass is 79.9. The summed E-state index contributed by atoms with van der Waals surface area (Å²) in [5.74, 6) is -1.55. The molecule has 0 saturated carbocycles. The number of nitrogens with one attached hydrogen (secondary N) is 1. The van der Waals surface area contributed by atoms with Gasteiger partial charge in [0.1, 0.15) is 0 Å². The van der Waals surface area contributed by atoms with Gasteiger partial charge in [-0.25, -0.2) is 8.78 Å². The van der Waals surface area contributed by atoms with E-state index in [1.165, 1.54) is 11.3 Å². The number of rotatable bonds is 3. The molecule has 18 heavy (non-hydrogen) atoms. The largest absolute Gasteiger partial charge is 0.309 e. The third-order valence-electron chi connectivity index (χ3n) is 2.78. The molecule has 5 heteroatoms. The zero-order valence-corrected chi connectivity index (χ0v) is 12.3. The SMILES string of the molecule is CNC(c1cc(Br)cs1)c1ccc(C)c(F)c1F. The van der Waals surface area contributed by atoms with Crippen molar-refractivity contribution < 1.29 is 8.78 Å². The molecular weight excluding hydrogens is 320 g/mol. The Balaban J connectivity index is 2.49. The quantitative estimate of drug-likeness (QED) is 0.878. The summed E-state index contributed by atoms with van der Waals surface area (Å²) in [6.07, 6.45) is 0. The Hall–Kier alpha value is -0.780. The molecule has 1 aromatic heterocycles. The van der Waals surface area contributed by atoms with Crippen molar-refractivity contribution in [2.24, 2.45) is 0 Å². The van der Waals surface area contributed by atoms with Crippen LogP contribution in [-0.2, 0) is 0 Å². The average Bonchev–Trinajstić information content (AvgIpc) is 2.77. The van der Waals surface area contributed by atoms with E-state index in [-0.39, 0.29) is 6.04 Å². The van der Waals surface area contributed by atoms with Gasteiger partial charge in [-0.3, -0.25) is 0 Å². The van der Waals surface area contributed by atoms with Gasteiger partial charge < -0.3 is 5.32 Å². The molecular formula is C13H12BrF2NS. The topological polar surface area (TPSA) is 12.0 Å². The van der Waals surface area contributed by atoms with E-state index < -0.39 is 11.6 Å². The lowest BCUT2D eigenvalue weighted by molar-refractivity contribution is 0.483. The van der Waals surface area contributed by atoms with Crippen molar-refractivity contribution >= 4 is 27.3 Å². The highest BCUT2D eigenvalue weighted by molar-refractivity contribution is 9.10. The molecule has 1 nitrogen and oxygen atoms in total. The van der Waals surface area contributed by atoms with Gasteiger partial charge in [0, 0.05) is 20.3 Å². The number of benzene rings is 1. The fourth-order valence-electron chi connectivity index (χ4n) is 1.81. The predicted molar refractivity (Wildman–Crippen MR) is 74.0 cm³/mol. The Morgan fingerprint density at radius 1 is 1.28 bits per heavy atom. The molecule has 0 spiro atoms. The Labute approximate surface area is 117 Å². The van der Waals surface area contributed by atoms with Gasteiger partial charge in [-0.1, -0.05) is 12.1 Å². The summed E-state index contributed by atoms with van der Waals surface area (Å²) in [6, 6.07) is 4.79. The van der Waals surface area contributed by atoms with Gasteiger partial charge in [0.2, 0.25) is 0 Å². The Bertz CT molecular complexity index is 568. The van der Waals surface area contributed by atoms with Crippen molar-refractivity contribution in [3.8, 4) is 0 Å². The van der Waals surface area contributed by atoms with Crippen LogP contribution in [0.2, 0.25) is 0 Å². The second-order valence-electron chi connectivity index (χ2n) is 3.99. The van der Waals surface area contributed by atoms with E-state index in [0.717, 1.165) is 9.35 Å². The van der Waals surface area contributed by atoms with E-state index in [9.17, 15) is 8.78 Å². The molecule has 1 atom stereocenters. The van der Waals surface area contributed by atoms with Crippen LogP contribution in [0, 0.1) is 18.6 Å². The molecule has 0 aliphatic rings. The van der Waals surface area contributed by atoms with Crippen molar-refractivity contribution in [3.63, 3.8) is 0 Å². The summed E-state index contributed by atoms with van der Waals surface area (Å²) in [5, 5.41) is 4.94. The Morgan fingerprint density at radius 2 is 2.00 bits per heavy atom. The maximum absolute atomic E-state index is 14.0. The molecule has 1 unspecified atom stereocenters. The minimum absolute atomic E-state index is 0.318. The zero-order valence-electron chi connectivity index (χ0n) is 9.93. The summed E-state index contributed by atoms with van der Waals surface area (Å²) >= 11 is 4.86. The molecule has 0 radical (unpaired) electrons. The van der Waals surface area contributed by atoms with Crippen LogP contribution in [-0.4, -0.2) is 7.05 Å². The van der Waals surface area contributed by atoms with E-state index in [1.807, 2.05) is 11.4 Å². The van der Waals surface area contributed by atoms with Crippen LogP contribution >= 0.6 is 27.3 Å². The van der Waals surface area contributed by atoms with Gasteiger partial charge >= 0.3 is 0 Å². The fraction of sp³-hybridized carbons (Fsp3) is 0.231. The van der Waals surface area contributed by atoms with Crippen molar-refractivity contribution in [1.82, 2.24) is 5.32 Å². The summed E-state index contributed by atoms with van der Waals surface area (Å²) in [6.45, 7) is 1.55. The lowest BCUT2D eigenvalue weighted by atomic mass is 10.0. The Kier molecular flexibility index (Phi) is 4.14. The van der Waals surface area contributed by atoms with Crippen LogP contribution in [0.25, 0.3) is 0 Å². The first-order valence-electron chi connectivity index (χ1n) is 5.40. The second kappa shape index (κ2) is 5.47. The molecule has 2 aromatic rings. The smallest absolute Gasteiger partial charge is 0.164 e. The van der Waals surface area contributed by atoms with Crippen LogP contribution < -0.4 is 5.32 Å². The third-order valence-corrected chi connectivity index (χ3v) is 4.54. The monoisotopic (exact) mass is 331 g/mol. The molecule has 0 aliphatic heterocycles. The van der Waals surface area contributed by atoms with E-state index >= 15 is 0 Å². The van der Waals surface area contributed by atoms with Gasteiger partial charge in [-0.15, -0.1) is 11.3 Å². The van der Waals surface area contributed by atoms with Crippen LogP contribution in [0.4, 0.5) is 8.78 Å². The normalized spacial score (nSPS) is 12.7. The van der Waals surface area contributed by atoms with Crippen molar-refractivity contribution in [2.75, 3.05) is 7.05 Å². The molecule has 1 aromatic carbocycles. The summed E-state index contributed by atoms with van der Waals surface area (Å²) in [5.41, 5.74) is 0.647. The first-order valence-corrected chi connectivity index (χ1v) is 7.07. The number of halogens is 3. The molecule has 0 fully saturated rings. The number of hydrogen-bond acceptors (Lipinski definition) is 2. The van der Waals surface area contributed by atoms with E-state index in [1.54, 1.807) is 26.1 Å². The summed E-state index contributed by atoms with van der Waals surface area (Å²) in [4.78, 5) is 0.937. The molecule has 0 saturated heterocycles. The van der Waals surface area contributed by atoms with Crippen LogP contribution in [0.3, 0.4) is 0 Å². The number of aryl methyl sites for hydroxylation is 1. The molecule has 0 aliphatic carbocycles. The maximum atomic E-state index is 14.0. The average molecular weight is 332 g/mol. The van der Waals surface area contributed by atoms with Gasteiger partial charge in [0.25, 0.3) is 0 Å². The zero-order chi connectivity index (χ0) is 13.3. The minimum atomic E-state index is -0.779. The highest BCUT2D eigenvalue weighted by Gasteiger charge is 2.21. The van der Waals surface area contributed by atoms with Crippen molar-refractivity contribution in [2.45, 2.75) is 13.0 Å².